The van der Waals surface area contributed by atoms with E-state index in [2.05, 4.69) is 10.3 Å². The second-order valence-electron chi connectivity index (χ2n) is 1.85. The molecule has 2 N–H and O–H groups in total. The number of carboxylic acid groups (broad SMARTS) is 1. The molecule has 4 heteroatoms. The van der Waals surface area contributed by atoms with Crippen LogP contribution >= 0.6 is 0 Å². The molecule has 50 valence electrons. The van der Waals surface area contributed by atoms with Gasteiger partial charge in [0.25, 0.3) is 0 Å². The van der Waals surface area contributed by atoms with E-state index < -0.39 is 5.97 Å². The van der Waals surface area contributed by atoms with Crippen molar-refractivity contribution in [2.24, 2.45) is 4.99 Å². The van der Waals surface area contributed by atoms with Crippen LogP contribution in [0.25, 0.3) is 0 Å². The third-order valence-corrected chi connectivity index (χ3v) is 1.10. The summed E-state index contributed by atoms with van der Waals surface area (Å²) in [6, 6.07) is 0. The van der Waals surface area contributed by atoms with Gasteiger partial charge in [0.05, 0.1) is 6.42 Å². The Bertz CT molecular complexity index is 144. The van der Waals surface area contributed by atoms with Crippen LogP contribution in [-0.4, -0.2) is 30.0 Å². The zero-order chi connectivity index (χ0) is 6.69. The lowest BCUT2D eigenvalue weighted by atomic mass is 10.4. The summed E-state index contributed by atoms with van der Waals surface area (Å²) in [6.45, 7) is 0.692. The average molecular weight is 128 g/mol. The molecule has 0 aliphatic carbocycles. The van der Waals surface area contributed by atoms with Gasteiger partial charge in [0, 0.05) is 12.8 Å². The number of carboxylic acids is 1. The molecule has 1 rings (SSSR count). The van der Waals surface area contributed by atoms with E-state index in [0.717, 1.165) is 0 Å². The average Bonchev–Trinajstić information content (AvgIpc) is 2.15. The van der Waals surface area contributed by atoms with Gasteiger partial charge in [-0.15, -0.1) is 0 Å². The Morgan fingerprint density at radius 1 is 2.00 bits per heavy atom. The molecule has 4 nitrogen and oxygen atoms in total. The fourth-order valence-electron chi connectivity index (χ4n) is 0.712. The first-order chi connectivity index (χ1) is 4.29. The van der Waals surface area contributed by atoms with Gasteiger partial charge in [-0.3, -0.25) is 15.1 Å². The first-order valence-corrected chi connectivity index (χ1v) is 2.76. The van der Waals surface area contributed by atoms with Crippen LogP contribution in [0.3, 0.4) is 0 Å². The SMILES string of the molecule is O=C(O)CC1N=CCN1. The molecule has 0 aromatic heterocycles. The van der Waals surface area contributed by atoms with Crippen molar-refractivity contribution < 1.29 is 9.90 Å². The van der Waals surface area contributed by atoms with Crippen molar-refractivity contribution in [3.8, 4) is 0 Å². The summed E-state index contributed by atoms with van der Waals surface area (Å²) in [5.41, 5.74) is 0. The van der Waals surface area contributed by atoms with Gasteiger partial charge >= 0.3 is 5.97 Å². The van der Waals surface area contributed by atoms with Gasteiger partial charge in [0.15, 0.2) is 0 Å². The highest BCUT2D eigenvalue weighted by Crippen LogP contribution is 1.95. The van der Waals surface area contributed by atoms with Crippen LogP contribution in [0.4, 0.5) is 0 Å². The van der Waals surface area contributed by atoms with E-state index in [9.17, 15) is 4.79 Å². The molecular weight excluding hydrogens is 120 g/mol. The molecule has 1 aliphatic heterocycles. The Kier molecular flexibility index (Phi) is 1.79. The summed E-state index contributed by atoms with van der Waals surface area (Å²) < 4.78 is 0. The maximum atomic E-state index is 10.0. The van der Waals surface area contributed by atoms with Gasteiger partial charge in [0.2, 0.25) is 0 Å². The fourth-order valence-corrected chi connectivity index (χ4v) is 0.712. The molecule has 1 aliphatic rings. The van der Waals surface area contributed by atoms with Crippen LogP contribution in [0.15, 0.2) is 4.99 Å². The van der Waals surface area contributed by atoms with Gasteiger partial charge in [-0.1, -0.05) is 0 Å². The highest BCUT2D eigenvalue weighted by Gasteiger charge is 2.12. The van der Waals surface area contributed by atoms with Gasteiger partial charge in [-0.05, 0) is 0 Å². The van der Waals surface area contributed by atoms with E-state index in [4.69, 9.17) is 5.11 Å². The van der Waals surface area contributed by atoms with Gasteiger partial charge in [0.1, 0.15) is 6.17 Å². The van der Waals surface area contributed by atoms with Crippen molar-refractivity contribution in [3.05, 3.63) is 0 Å². The van der Waals surface area contributed by atoms with Crippen LogP contribution in [0, 0.1) is 0 Å². The minimum Gasteiger partial charge on any atom is -0.481 e. The van der Waals surface area contributed by atoms with Crippen molar-refractivity contribution >= 4 is 12.2 Å². The van der Waals surface area contributed by atoms with Crippen LogP contribution in [0.2, 0.25) is 0 Å². The maximum Gasteiger partial charge on any atom is 0.306 e. The molecular formula is C5H8N2O2. The molecule has 1 unspecified atom stereocenters. The molecule has 0 saturated heterocycles. The maximum absolute atomic E-state index is 10.0. The minimum absolute atomic E-state index is 0.0799. The summed E-state index contributed by atoms with van der Waals surface area (Å²) in [7, 11) is 0. The smallest absolute Gasteiger partial charge is 0.306 e. The quantitative estimate of drug-likeness (QED) is 0.525. The topological polar surface area (TPSA) is 61.7 Å². The first kappa shape index (κ1) is 6.22. The lowest BCUT2D eigenvalue weighted by Gasteiger charge is -2.01. The highest BCUT2D eigenvalue weighted by atomic mass is 16.4. The monoisotopic (exact) mass is 128 g/mol. The molecule has 9 heavy (non-hydrogen) atoms. The third-order valence-electron chi connectivity index (χ3n) is 1.10. The van der Waals surface area contributed by atoms with Crippen LogP contribution in [-0.2, 0) is 4.79 Å². The Morgan fingerprint density at radius 2 is 2.78 bits per heavy atom. The summed E-state index contributed by atoms with van der Waals surface area (Å²) in [6.07, 6.45) is 1.58. The number of nitrogens with one attached hydrogen (secondary N) is 1. The number of nitrogens with zero attached hydrogens (tertiary/aromatic N) is 1. The molecule has 0 saturated carbocycles. The van der Waals surface area contributed by atoms with Gasteiger partial charge < -0.3 is 5.11 Å². The van der Waals surface area contributed by atoms with E-state index in [1.54, 1.807) is 6.21 Å². The number of carbonyl (C=O) groups is 1. The number of hydrogen-bond donors (Lipinski definition) is 2. The molecule has 0 aromatic carbocycles. The van der Waals surface area contributed by atoms with Crippen molar-refractivity contribution in [1.29, 1.82) is 0 Å². The zero-order valence-corrected chi connectivity index (χ0v) is 4.87. The lowest BCUT2D eigenvalue weighted by molar-refractivity contribution is -0.137. The molecule has 1 heterocycles. The van der Waals surface area contributed by atoms with E-state index >= 15 is 0 Å². The molecule has 0 bridgehead atoms. The predicted octanol–water partition coefficient (Wildman–Crippen LogP) is -0.539. The normalized spacial score (nSPS) is 24.7. The van der Waals surface area contributed by atoms with E-state index in [0.29, 0.717) is 6.54 Å². The van der Waals surface area contributed by atoms with Crippen molar-refractivity contribution in [2.45, 2.75) is 12.6 Å². The Hall–Kier alpha value is -0.900. The standard InChI is InChI=1S/C5H8N2O2/c8-5(9)3-4-6-1-2-7-4/h1,4,7H,2-3H2,(H,8,9). The van der Waals surface area contributed by atoms with Gasteiger partial charge in [-0.25, -0.2) is 0 Å². The van der Waals surface area contributed by atoms with Crippen molar-refractivity contribution in [3.63, 3.8) is 0 Å². The fraction of sp³-hybridized carbons (Fsp3) is 0.600. The van der Waals surface area contributed by atoms with E-state index in [1.807, 2.05) is 0 Å². The molecule has 0 aromatic rings. The summed E-state index contributed by atoms with van der Waals surface area (Å²) >= 11 is 0. The Balaban J connectivity index is 2.28. The number of aliphatic carboxylic acids is 1. The second-order valence-corrected chi connectivity index (χ2v) is 1.85. The van der Waals surface area contributed by atoms with Crippen LogP contribution < -0.4 is 5.32 Å². The van der Waals surface area contributed by atoms with E-state index in [-0.39, 0.29) is 12.6 Å². The van der Waals surface area contributed by atoms with Crippen LogP contribution in [0.1, 0.15) is 6.42 Å². The first-order valence-electron chi connectivity index (χ1n) is 2.76. The summed E-state index contributed by atoms with van der Waals surface area (Å²) in [5.74, 6) is -0.813. The Labute approximate surface area is 52.6 Å². The lowest BCUT2D eigenvalue weighted by Crippen LogP contribution is -2.24. The van der Waals surface area contributed by atoms with Crippen molar-refractivity contribution in [1.82, 2.24) is 5.32 Å². The largest absolute Gasteiger partial charge is 0.481 e. The minimum atomic E-state index is -0.813. The van der Waals surface area contributed by atoms with E-state index in [1.165, 1.54) is 0 Å². The van der Waals surface area contributed by atoms with Crippen molar-refractivity contribution in [2.75, 3.05) is 6.54 Å². The zero-order valence-electron chi connectivity index (χ0n) is 4.87. The molecule has 0 fully saturated rings. The summed E-state index contributed by atoms with van der Waals surface area (Å²) in [5, 5.41) is 11.1. The van der Waals surface area contributed by atoms with Crippen LogP contribution in [0.5, 0.6) is 0 Å². The molecule has 0 amide bonds. The molecule has 1 atom stereocenters. The van der Waals surface area contributed by atoms with Gasteiger partial charge in [-0.2, -0.15) is 0 Å². The second kappa shape index (κ2) is 2.59. The number of hydrogen-bond acceptors (Lipinski definition) is 3. The highest BCUT2D eigenvalue weighted by molar-refractivity contribution is 5.69. The summed E-state index contributed by atoms with van der Waals surface area (Å²) in [4.78, 5) is 13.9. The molecule has 0 radical (unpaired) electrons. The third kappa shape index (κ3) is 1.81. The number of rotatable bonds is 2. The Morgan fingerprint density at radius 3 is 3.22 bits per heavy atom. The molecule has 0 spiro atoms. The predicted molar refractivity (Wildman–Crippen MR) is 32.5 cm³/mol. The number of aliphatic imine (C=N–C) groups is 1.